The number of aromatic nitrogens is 2. The van der Waals surface area contributed by atoms with E-state index in [0.717, 1.165) is 55.4 Å². The maximum absolute atomic E-state index is 12.9. The molecule has 1 amide bonds. The summed E-state index contributed by atoms with van der Waals surface area (Å²) in [6.07, 6.45) is 0. The van der Waals surface area contributed by atoms with Crippen molar-refractivity contribution in [2.45, 2.75) is 27.3 Å². The van der Waals surface area contributed by atoms with E-state index in [1.54, 1.807) is 0 Å². The Morgan fingerprint density at radius 2 is 1.61 bits per heavy atom. The Balaban J connectivity index is 1.37. The lowest BCUT2D eigenvalue weighted by Gasteiger charge is -2.34. The van der Waals surface area contributed by atoms with Crippen molar-refractivity contribution >= 4 is 5.91 Å². The summed E-state index contributed by atoms with van der Waals surface area (Å²) >= 11 is 0. The highest BCUT2D eigenvalue weighted by Crippen LogP contribution is 2.18. The number of hydrogen-bond acceptors (Lipinski definition) is 4. The average molecular weight is 378 g/mol. The summed E-state index contributed by atoms with van der Waals surface area (Å²) in [5.41, 5.74) is 5.11. The molecule has 0 radical (unpaired) electrons. The lowest BCUT2D eigenvalue weighted by atomic mass is 10.1. The molecule has 3 aromatic rings. The summed E-state index contributed by atoms with van der Waals surface area (Å²) in [6.45, 7) is 9.97. The normalized spacial score (nSPS) is 15.2. The first-order chi connectivity index (χ1) is 13.5. The van der Waals surface area contributed by atoms with Gasteiger partial charge in [0.15, 0.2) is 5.76 Å². The van der Waals surface area contributed by atoms with Gasteiger partial charge in [-0.2, -0.15) is 0 Å². The number of amides is 1. The highest BCUT2D eigenvalue weighted by Gasteiger charge is 2.23. The van der Waals surface area contributed by atoms with Gasteiger partial charge in [0.2, 0.25) is 0 Å². The van der Waals surface area contributed by atoms with Gasteiger partial charge in [0.25, 0.3) is 5.91 Å². The molecule has 0 atom stereocenters. The highest BCUT2D eigenvalue weighted by molar-refractivity contribution is 5.94. The van der Waals surface area contributed by atoms with E-state index in [1.165, 1.54) is 11.4 Å². The van der Waals surface area contributed by atoms with Crippen molar-refractivity contribution in [2.75, 3.05) is 26.2 Å². The van der Waals surface area contributed by atoms with Gasteiger partial charge in [0.1, 0.15) is 0 Å². The van der Waals surface area contributed by atoms with Gasteiger partial charge >= 0.3 is 0 Å². The molecule has 3 heterocycles. The highest BCUT2D eigenvalue weighted by atomic mass is 16.5. The van der Waals surface area contributed by atoms with Crippen molar-refractivity contribution in [3.63, 3.8) is 0 Å². The lowest BCUT2D eigenvalue weighted by Crippen LogP contribution is -2.48. The molecule has 1 aliphatic rings. The number of rotatable bonds is 4. The molecule has 2 aromatic heterocycles. The molecule has 6 heteroatoms. The van der Waals surface area contributed by atoms with Crippen LogP contribution in [0.1, 0.15) is 33.2 Å². The fraction of sp³-hybridized carbons (Fsp3) is 0.364. The van der Waals surface area contributed by atoms with Gasteiger partial charge in [0, 0.05) is 54.9 Å². The summed E-state index contributed by atoms with van der Waals surface area (Å²) in [7, 11) is 0. The van der Waals surface area contributed by atoms with E-state index in [4.69, 9.17) is 4.52 Å². The maximum Gasteiger partial charge on any atom is 0.253 e. The minimum Gasteiger partial charge on any atom is -0.360 e. The van der Waals surface area contributed by atoms with Crippen LogP contribution < -0.4 is 0 Å². The van der Waals surface area contributed by atoms with E-state index in [9.17, 15) is 4.79 Å². The number of carbonyl (C=O) groups excluding carboxylic acids is 1. The standard InChI is InChI=1S/C22H26N4O2/c1-16-14-21(28-23-16)15-24-10-12-25(13-11-24)22(27)19-6-8-20(9-7-19)26-17(2)4-5-18(26)3/h4-9,14H,10-13,15H2,1-3H3. The summed E-state index contributed by atoms with van der Waals surface area (Å²) in [6, 6.07) is 14.1. The van der Waals surface area contributed by atoms with Gasteiger partial charge in [0.05, 0.1) is 12.2 Å². The molecule has 0 unspecified atom stereocenters. The van der Waals surface area contributed by atoms with Crippen molar-refractivity contribution in [1.29, 1.82) is 0 Å². The third kappa shape index (κ3) is 3.73. The molecule has 0 spiro atoms. The minimum atomic E-state index is 0.0997. The average Bonchev–Trinajstić information content (AvgIpc) is 3.26. The van der Waals surface area contributed by atoms with E-state index < -0.39 is 0 Å². The molecule has 1 fully saturated rings. The largest absolute Gasteiger partial charge is 0.360 e. The number of hydrogen-bond donors (Lipinski definition) is 0. The lowest BCUT2D eigenvalue weighted by molar-refractivity contribution is 0.0617. The molecular weight excluding hydrogens is 352 g/mol. The van der Waals surface area contributed by atoms with Crippen molar-refractivity contribution in [3.05, 3.63) is 70.9 Å². The Morgan fingerprint density at radius 1 is 0.964 bits per heavy atom. The van der Waals surface area contributed by atoms with Crippen molar-refractivity contribution in [3.8, 4) is 5.69 Å². The van der Waals surface area contributed by atoms with Gasteiger partial charge in [-0.25, -0.2) is 0 Å². The molecule has 146 valence electrons. The maximum atomic E-state index is 12.9. The quantitative estimate of drug-likeness (QED) is 0.699. The van der Waals surface area contributed by atoms with E-state index in [-0.39, 0.29) is 5.91 Å². The number of piperazine rings is 1. The van der Waals surface area contributed by atoms with Crippen LogP contribution in [0.25, 0.3) is 5.69 Å². The molecule has 1 saturated heterocycles. The van der Waals surface area contributed by atoms with Crippen molar-refractivity contribution in [1.82, 2.24) is 19.5 Å². The van der Waals surface area contributed by atoms with Gasteiger partial charge in [-0.1, -0.05) is 5.16 Å². The first-order valence-corrected chi connectivity index (χ1v) is 9.70. The van der Waals surface area contributed by atoms with Gasteiger partial charge in [-0.15, -0.1) is 0 Å². The second-order valence-corrected chi connectivity index (χ2v) is 7.50. The molecule has 1 aromatic carbocycles. The molecule has 0 aliphatic carbocycles. The molecule has 6 nitrogen and oxygen atoms in total. The Morgan fingerprint density at radius 3 is 2.18 bits per heavy atom. The van der Waals surface area contributed by atoms with E-state index in [1.807, 2.05) is 42.2 Å². The molecule has 0 bridgehead atoms. The second kappa shape index (κ2) is 7.64. The third-order valence-corrected chi connectivity index (χ3v) is 5.36. The monoisotopic (exact) mass is 378 g/mol. The summed E-state index contributed by atoms with van der Waals surface area (Å²) in [5, 5.41) is 3.93. The first kappa shape index (κ1) is 18.5. The molecule has 0 N–H and O–H groups in total. The van der Waals surface area contributed by atoms with Crippen LogP contribution in [0.2, 0.25) is 0 Å². The molecule has 1 aliphatic heterocycles. The SMILES string of the molecule is Cc1cc(CN2CCN(C(=O)c3ccc(-n4c(C)ccc4C)cc3)CC2)on1. The van der Waals surface area contributed by atoms with Gasteiger partial charge in [-0.05, 0) is 57.2 Å². The van der Waals surface area contributed by atoms with Crippen LogP contribution in [0.15, 0.2) is 47.0 Å². The number of carbonyl (C=O) groups is 1. The van der Waals surface area contributed by atoms with Crippen molar-refractivity contribution < 1.29 is 9.32 Å². The molecule has 0 saturated carbocycles. The Hall–Kier alpha value is -2.86. The predicted octanol–water partition coefficient (Wildman–Crippen LogP) is 3.35. The Bertz CT molecular complexity index is 943. The second-order valence-electron chi connectivity index (χ2n) is 7.50. The van der Waals surface area contributed by atoms with Crippen LogP contribution in [-0.4, -0.2) is 51.6 Å². The Labute approximate surface area is 165 Å². The number of aryl methyl sites for hydroxylation is 3. The van der Waals surface area contributed by atoms with Crippen LogP contribution in [0.5, 0.6) is 0 Å². The number of nitrogens with zero attached hydrogens (tertiary/aromatic N) is 4. The van der Waals surface area contributed by atoms with Crippen LogP contribution in [0.3, 0.4) is 0 Å². The van der Waals surface area contributed by atoms with E-state index in [2.05, 4.69) is 40.6 Å². The predicted molar refractivity (Wildman–Crippen MR) is 108 cm³/mol. The van der Waals surface area contributed by atoms with E-state index >= 15 is 0 Å². The zero-order valence-electron chi connectivity index (χ0n) is 16.7. The molecular formula is C22H26N4O2. The van der Waals surface area contributed by atoms with Crippen LogP contribution in [0.4, 0.5) is 0 Å². The number of benzene rings is 1. The van der Waals surface area contributed by atoms with E-state index in [0.29, 0.717) is 0 Å². The zero-order chi connectivity index (χ0) is 19.7. The third-order valence-electron chi connectivity index (χ3n) is 5.36. The van der Waals surface area contributed by atoms with Gasteiger partial charge in [-0.3, -0.25) is 9.69 Å². The van der Waals surface area contributed by atoms with Crippen LogP contribution in [0, 0.1) is 20.8 Å². The van der Waals surface area contributed by atoms with Crippen molar-refractivity contribution in [2.24, 2.45) is 0 Å². The smallest absolute Gasteiger partial charge is 0.253 e. The van der Waals surface area contributed by atoms with Crippen LogP contribution >= 0.6 is 0 Å². The summed E-state index contributed by atoms with van der Waals surface area (Å²) in [4.78, 5) is 17.1. The first-order valence-electron chi connectivity index (χ1n) is 9.70. The summed E-state index contributed by atoms with van der Waals surface area (Å²) < 4.78 is 7.49. The summed E-state index contributed by atoms with van der Waals surface area (Å²) in [5.74, 6) is 0.978. The van der Waals surface area contributed by atoms with Gasteiger partial charge < -0.3 is 14.0 Å². The molecule has 4 rings (SSSR count). The topological polar surface area (TPSA) is 54.5 Å². The fourth-order valence-electron chi connectivity index (χ4n) is 3.83. The molecule has 28 heavy (non-hydrogen) atoms. The fourth-order valence-corrected chi connectivity index (χ4v) is 3.83. The minimum absolute atomic E-state index is 0.0997. The Kier molecular flexibility index (Phi) is 5.05. The van der Waals surface area contributed by atoms with Crippen LogP contribution in [-0.2, 0) is 6.54 Å². The zero-order valence-corrected chi connectivity index (χ0v) is 16.7.